The second kappa shape index (κ2) is 7.35. The van der Waals surface area contributed by atoms with Gasteiger partial charge in [0.15, 0.2) is 0 Å². The fraction of sp³-hybridized carbons (Fsp3) is 0.900. The first-order valence-corrected chi connectivity index (χ1v) is 14.0. The number of rotatable bonds is 1. The predicted octanol–water partition coefficient (Wildman–Crippen LogP) is 5.18. The van der Waals surface area contributed by atoms with Crippen LogP contribution >= 0.6 is 0 Å². The molecule has 5 aliphatic rings. The summed E-state index contributed by atoms with van der Waals surface area (Å²) in [6.07, 6.45) is 6.22. The third-order valence-corrected chi connectivity index (χ3v) is 13.2. The lowest BCUT2D eigenvalue weighted by molar-refractivity contribution is -0.278. The van der Waals surface area contributed by atoms with Gasteiger partial charge in [-0.1, -0.05) is 60.1 Å². The third kappa shape index (κ3) is 2.95. The maximum atomic E-state index is 12.8. The first-order valence-electron chi connectivity index (χ1n) is 14.0. The molecule has 4 saturated carbocycles. The summed E-state index contributed by atoms with van der Waals surface area (Å²) in [4.78, 5) is 12.8. The molecule has 0 heterocycles. The van der Waals surface area contributed by atoms with E-state index in [9.17, 15) is 25.2 Å². The Hall–Kier alpha value is -0.910. The van der Waals surface area contributed by atoms with Crippen molar-refractivity contribution in [1.29, 1.82) is 0 Å². The summed E-state index contributed by atoms with van der Waals surface area (Å²) in [5.74, 6) is -0.292. The molecule has 0 aromatic rings. The monoisotopic (exact) mass is 488 g/mol. The Morgan fingerprint density at radius 1 is 0.857 bits per heavy atom. The highest BCUT2D eigenvalue weighted by molar-refractivity contribution is 5.76. The Labute approximate surface area is 211 Å². The van der Waals surface area contributed by atoms with Crippen LogP contribution in [0, 0.1) is 50.2 Å². The van der Waals surface area contributed by atoms with Crippen molar-refractivity contribution < 1.29 is 25.2 Å². The number of aliphatic carboxylic acids is 1. The van der Waals surface area contributed by atoms with Gasteiger partial charge in [-0.3, -0.25) is 4.79 Å². The molecule has 5 nitrogen and oxygen atoms in total. The van der Waals surface area contributed by atoms with Crippen LogP contribution in [0.25, 0.3) is 0 Å². The highest BCUT2D eigenvalue weighted by Crippen LogP contribution is 2.75. The predicted molar refractivity (Wildman–Crippen MR) is 135 cm³/mol. The topological polar surface area (TPSA) is 98.0 Å². The van der Waals surface area contributed by atoms with E-state index in [1.54, 1.807) is 0 Å². The van der Waals surface area contributed by atoms with Crippen LogP contribution < -0.4 is 0 Å². The summed E-state index contributed by atoms with van der Waals surface area (Å²) < 4.78 is 0. The highest BCUT2D eigenvalue weighted by atomic mass is 16.4. The zero-order valence-electron chi connectivity index (χ0n) is 22.9. The Bertz CT molecular complexity index is 952. The minimum absolute atomic E-state index is 0.0611. The molecule has 4 fully saturated rings. The molecule has 198 valence electrons. The number of fused-ring (bicyclic) bond motifs is 7. The maximum Gasteiger partial charge on any atom is 0.310 e. The van der Waals surface area contributed by atoms with Gasteiger partial charge in [-0.2, -0.15) is 0 Å². The fourth-order valence-corrected chi connectivity index (χ4v) is 10.7. The standard InChI is InChI=1S/C30H48O5/c1-25(2)12-14-30(24(34)35)15-13-27(5)17(18(30)16-25)8-9-20-28(27,6)11-10-19-26(3,4)22(32)21(31)23(33)29(19,20)7/h8,18-23,31-33H,9-16H2,1-7H3,(H,34,35)/t18?,19?,20?,21-,22-,23-,27-,28-,29+,30+/m1/s1. The molecular formula is C30H48O5. The van der Waals surface area contributed by atoms with E-state index in [1.165, 1.54) is 5.57 Å². The van der Waals surface area contributed by atoms with Crippen molar-refractivity contribution in [1.82, 2.24) is 0 Å². The average molecular weight is 489 g/mol. The summed E-state index contributed by atoms with van der Waals surface area (Å²) >= 11 is 0. The van der Waals surface area contributed by atoms with Crippen molar-refractivity contribution in [2.75, 3.05) is 0 Å². The molecule has 35 heavy (non-hydrogen) atoms. The molecule has 0 radical (unpaired) electrons. The lowest BCUT2D eigenvalue weighted by Crippen LogP contribution is -2.72. The average Bonchev–Trinajstić information content (AvgIpc) is 2.76. The molecular weight excluding hydrogens is 440 g/mol. The van der Waals surface area contributed by atoms with E-state index in [1.807, 2.05) is 0 Å². The minimum atomic E-state index is -1.16. The number of aliphatic hydroxyl groups is 3. The van der Waals surface area contributed by atoms with Crippen LogP contribution in [0.3, 0.4) is 0 Å². The minimum Gasteiger partial charge on any atom is -0.481 e. The van der Waals surface area contributed by atoms with Crippen LogP contribution in [-0.2, 0) is 4.79 Å². The van der Waals surface area contributed by atoms with E-state index in [-0.39, 0.29) is 34.0 Å². The zero-order chi connectivity index (χ0) is 26.0. The van der Waals surface area contributed by atoms with Crippen molar-refractivity contribution in [2.45, 2.75) is 118 Å². The van der Waals surface area contributed by atoms with E-state index < -0.39 is 40.5 Å². The van der Waals surface area contributed by atoms with Crippen molar-refractivity contribution in [2.24, 2.45) is 50.2 Å². The van der Waals surface area contributed by atoms with Crippen LogP contribution in [0.5, 0.6) is 0 Å². The van der Waals surface area contributed by atoms with E-state index in [2.05, 4.69) is 54.5 Å². The number of carboxylic acids is 1. The number of hydrogen-bond donors (Lipinski definition) is 4. The Morgan fingerprint density at radius 3 is 2.11 bits per heavy atom. The molecule has 5 aliphatic carbocycles. The summed E-state index contributed by atoms with van der Waals surface area (Å²) in [5.41, 5.74) is -0.402. The third-order valence-electron chi connectivity index (χ3n) is 13.2. The van der Waals surface area contributed by atoms with Gasteiger partial charge in [-0.25, -0.2) is 0 Å². The zero-order valence-corrected chi connectivity index (χ0v) is 22.9. The fourth-order valence-electron chi connectivity index (χ4n) is 10.7. The lowest BCUT2D eigenvalue weighted by Gasteiger charge is -2.72. The molecule has 0 aliphatic heterocycles. The van der Waals surface area contributed by atoms with Crippen LogP contribution in [0.1, 0.15) is 99.8 Å². The molecule has 0 aromatic heterocycles. The van der Waals surface area contributed by atoms with Gasteiger partial charge in [0, 0.05) is 5.41 Å². The van der Waals surface area contributed by atoms with E-state index in [0.717, 1.165) is 51.4 Å². The molecule has 10 atom stereocenters. The van der Waals surface area contributed by atoms with Crippen molar-refractivity contribution in [3.05, 3.63) is 11.6 Å². The molecule has 0 saturated heterocycles. The molecule has 0 spiro atoms. The molecule has 3 unspecified atom stereocenters. The van der Waals surface area contributed by atoms with Crippen LogP contribution in [0.15, 0.2) is 11.6 Å². The Kier molecular flexibility index (Phi) is 5.40. The summed E-state index contributed by atoms with van der Waals surface area (Å²) in [5, 5.41) is 43.9. The molecule has 4 N–H and O–H groups in total. The van der Waals surface area contributed by atoms with Crippen LogP contribution in [-0.4, -0.2) is 44.7 Å². The second-order valence-corrected chi connectivity index (χ2v) is 15.2. The smallest absolute Gasteiger partial charge is 0.310 e. The maximum absolute atomic E-state index is 12.8. The largest absolute Gasteiger partial charge is 0.481 e. The SMILES string of the molecule is CC1(C)CC[C@]2(C(=O)O)CC[C@]3(C)C(=CCC4[C@]5(C)C(CC[C@]43C)C(C)(C)[C@H](O)[C@@H](O)[C@H]5O)C2C1. The number of aliphatic hydroxyl groups excluding tert-OH is 3. The lowest BCUT2D eigenvalue weighted by atomic mass is 9.33. The van der Waals surface area contributed by atoms with Crippen molar-refractivity contribution in [3.63, 3.8) is 0 Å². The normalized spacial score (nSPS) is 54.4. The number of carboxylic acid groups (broad SMARTS) is 1. The summed E-state index contributed by atoms with van der Waals surface area (Å²) in [6.45, 7) is 15.6. The van der Waals surface area contributed by atoms with Crippen molar-refractivity contribution >= 4 is 5.97 Å². The Balaban J connectivity index is 1.63. The van der Waals surface area contributed by atoms with E-state index >= 15 is 0 Å². The van der Waals surface area contributed by atoms with E-state index in [4.69, 9.17) is 0 Å². The van der Waals surface area contributed by atoms with Gasteiger partial charge < -0.3 is 20.4 Å². The van der Waals surface area contributed by atoms with Gasteiger partial charge >= 0.3 is 5.97 Å². The van der Waals surface area contributed by atoms with Gasteiger partial charge in [0.2, 0.25) is 0 Å². The van der Waals surface area contributed by atoms with Crippen LogP contribution in [0.2, 0.25) is 0 Å². The van der Waals surface area contributed by atoms with Gasteiger partial charge in [0.1, 0.15) is 6.10 Å². The van der Waals surface area contributed by atoms with Gasteiger partial charge in [0.25, 0.3) is 0 Å². The van der Waals surface area contributed by atoms with Gasteiger partial charge in [-0.05, 0) is 90.8 Å². The quantitative estimate of drug-likeness (QED) is 0.382. The first-order chi connectivity index (χ1) is 16.0. The van der Waals surface area contributed by atoms with Crippen molar-refractivity contribution in [3.8, 4) is 0 Å². The second-order valence-electron chi connectivity index (χ2n) is 15.2. The number of carbonyl (C=O) groups is 1. The van der Waals surface area contributed by atoms with E-state index in [0.29, 0.717) is 0 Å². The Morgan fingerprint density at radius 2 is 1.49 bits per heavy atom. The van der Waals surface area contributed by atoms with Gasteiger partial charge in [-0.15, -0.1) is 0 Å². The molecule has 5 rings (SSSR count). The molecule has 5 heteroatoms. The number of allylic oxidation sites excluding steroid dienone is 2. The first kappa shape index (κ1) is 25.7. The molecule has 0 aromatic carbocycles. The molecule has 0 bridgehead atoms. The molecule has 0 amide bonds. The van der Waals surface area contributed by atoms with Crippen LogP contribution in [0.4, 0.5) is 0 Å². The summed E-state index contributed by atoms with van der Waals surface area (Å²) in [7, 11) is 0. The highest BCUT2D eigenvalue weighted by Gasteiger charge is 2.72. The number of hydrogen-bond acceptors (Lipinski definition) is 4. The summed E-state index contributed by atoms with van der Waals surface area (Å²) in [6, 6.07) is 0. The van der Waals surface area contributed by atoms with Gasteiger partial charge in [0.05, 0.1) is 17.6 Å².